The second-order valence-electron chi connectivity index (χ2n) is 8.12. The predicted octanol–water partition coefficient (Wildman–Crippen LogP) is 2.57. The van der Waals surface area contributed by atoms with Crippen LogP contribution in [0.5, 0.6) is 11.6 Å². The van der Waals surface area contributed by atoms with Gasteiger partial charge in [0.25, 0.3) is 5.56 Å². The van der Waals surface area contributed by atoms with Crippen molar-refractivity contribution in [2.24, 2.45) is 0 Å². The van der Waals surface area contributed by atoms with E-state index in [0.29, 0.717) is 12.2 Å². The maximum atomic E-state index is 12.9. The van der Waals surface area contributed by atoms with E-state index in [4.69, 9.17) is 4.74 Å². The van der Waals surface area contributed by atoms with Crippen LogP contribution in [0.4, 0.5) is 0 Å². The molecule has 1 aliphatic heterocycles. The van der Waals surface area contributed by atoms with Crippen molar-refractivity contribution in [2.45, 2.75) is 26.3 Å². The number of aromatic hydroxyl groups is 1. The Labute approximate surface area is 183 Å². The molecule has 0 spiro atoms. The first kappa shape index (κ1) is 20.1. The fourth-order valence-electron chi connectivity index (χ4n) is 4.58. The molecule has 0 amide bonds. The minimum absolute atomic E-state index is 0.102. The number of hydrogen-bond donors (Lipinski definition) is 4. The molecule has 32 heavy (non-hydrogen) atoms. The number of aromatic amines is 2. The molecule has 0 saturated carbocycles. The number of rotatable bonds is 3. The molecule has 8 nitrogen and oxygen atoms in total. The molecule has 1 aliphatic rings. The van der Waals surface area contributed by atoms with Gasteiger partial charge in [-0.15, -0.1) is 0 Å². The van der Waals surface area contributed by atoms with Crippen molar-refractivity contribution in [3.63, 3.8) is 0 Å². The van der Waals surface area contributed by atoms with Crippen molar-refractivity contribution < 1.29 is 9.84 Å². The van der Waals surface area contributed by atoms with Gasteiger partial charge in [0.05, 0.1) is 18.8 Å². The maximum absolute atomic E-state index is 12.9. The Balaban J connectivity index is 1.75. The second kappa shape index (κ2) is 7.42. The van der Waals surface area contributed by atoms with E-state index in [1.807, 2.05) is 44.2 Å². The standard InChI is InChI=1S/C24H24N4O4/c1-12-5-4-6-18(13(12)2)28-23(30)19(22(29)27-24(28)31)21-20-15(9-10-25-21)16-11-14(32-3)7-8-17(16)26-20/h4-8,11,21,25-26,30H,9-10H2,1-3H3,(H,27,29,31)/t21-/m0/s1. The Morgan fingerprint density at radius 3 is 2.72 bits per heavy atom. The molecule has 8 heteroatoms. The van der Waals surface area contributed by atoms with Crippen LogP contribution in [-0.4, -0.2) is 33.3 Å². The minimum atomic E-state index is -0.678. The summed E-state index contributed by atoms with van der Waals surface area (Å²) in [5, 5.41) is 15.6. The summed E-state index contributed by atoms with van der Waals surface area (Å²) in [6, 6.07) is 10.7. The van der Waals surface area contributed by atoms with Crippen LogP contribution in [-0.2, 0) is 6.42 Å². The molecule has 4 N–H and O–H groups in total. The van der Waals surface area contributed by atoms with Crippen molar-refractivity contribution in [2.75, 3.05) is 13.7 Å². The highest BCUT2D eigenvalue weighted by atomic mass is 16.5. The lowest BCUT2D eigenvalue weighted by Crippen LogP contribution is -2.38. The van der Waals surface area contributed by atoms with Gasteiger partial charge in [-0.2, -0.15) is 0 Å². The molecule has 4 aromatic rings. The number of aromatic nitrogens is 3. The van der Waals surface area contributed by atoms with Gasteiger partial charge in [-0.25, -0.2) is 9.36 Å². The van der Waals surface area contributed by atoms with Gasteiger partial charge in [0.15, 0.2) is 0 Å². The predicted molar refractivity (Wildman–Crippen MR) is 122 cm³/mol. The SMILES string of the molecule is COc1ccc2[nH]c3c(c2c1)CCN[C@H]3c1c(O)n(-c2cccc(C)c2C)c(=O)[nH]c1=O. The minimum Gasteiger partial charge on any atom is -0.497 e. The van der Waals surface area contributed by atoms with Crippen molar-refractivity contribution in [1.82, 2.24) is 19.9 Å². The van der Waals surface area contributed by atoms with E-state index in [9.17, 15) is 14.7 Å². The van der Waals surface area contributed by atoms with E-state index in [1.54, 1.807) is 13.2 Å². The number of H-pyrrole nitrogens is 2. The van der Waals surface area contributed by atoms with E-state index < -0.39 is 17.3 Å². The third kappa shape index (κ3) is 2.95. The number of hydrogen-bond acceptors (Lipinski definition) is 5. The summed E-state index contributed by atoms with van der Waals surface area (Å²) < 4.78 is 6.54. The normalized spacial score (nSPS) is 15.7. The first-order chi connectivity index (χ1) is 15.4. The molecule has 2 aromatic carbocycles. The van der Waals surface area contributed by atoms with Gasteiger partial charge < -0.3 is 20.1 Å². The number of benzene rings is 2. The maximum Gasteiger partial charge on any atom is 0.335 e. The average Bonchev–Trinajstić information content (AvgIpc) is 3.15. The smallest absolute Gasteiger partial charge is 0.335 e. The molecule has 0 fully saturated rings. The lowest BCUT2D eigenvalue weighted by molar-refractivity contribution is 0.409. The van der Waals surface area contributed by atoms with Crippen LogP contribution in [0.1, 0.15) is 34.0 Å². The van der Waals surface area contributed by atoms with Crippen molar-refractivity contribution in [3.8, 4) is 17.3 Å². The largest absolute Gasteiger partial charge is 0.497 e. The summed E-state index contributed by atoms with van der Waals surface area (Å²) in [6.45, 7) is 4.42. The molecule has 0 saturated heterocycles. The highest BCUT2D eigenvalue weighted by molar-refractivity contribution is 5.86. The fourth-order valence-corrected chi connectivity index (χ4v) is 4.58. The number of ether oxygens (including phenoxy) is 1. The summed E-state index contributed by atoms with van der Waals surface area (Å²) in [5.41, 5.74) is 3.94. The Hall–Kier alpha value is -3.78. The third-order valence-electron chi connectivity index (χ3n) is 6.38. The van der Waals surface area contributed by atoms with Crippen LogP contribution in [0.3, 0.4) is 0 Å². The van der Waals surface area contributed by atoms with Gasteiger partial charge in [0.2, 0.25) is 5.88 Å². The van der Waals surface area contributed by atoms with Crippen LogP contribution in [0, 0.1) is 13.8 Å². The summed E-state index contributed by atoms with van der Waals surface area (Å²) in [4.78, 5) is 31.4. The van der Waals surface area contributed by atoms with Gasteiger partial charge in [-0.05, 0) is 61.2 Å². The summed E-state index contributed by atoms with van der Waals surface area (Å²) in [6.07, 6.45) is 0.758. The van der Waals surface area contributed by atoms with Crippen LogP contribution in [0.15, 0.2) is 46.0 Å². The van der Waals surface area contributed by atoms with Crippen LogP contribution >= 0.6 is 0 Å². The first-order valence-electron chi connectivity index (χ1n) is 10.5. The fraction of sp³-hybridized carbons (Fsp3) is 0.250. The molecule has 0 unspecified atom stereocenters. The van der Waals surface area contributed by atoms with E-state index >= 15 is 0 Å². The van der Waals surface area contributed by atoms with Gasteiger partial charge in [-0.1, -0.05) is 12.1 Å². The molecule has 1 atom stereocenters. The third-order valence-corrected chi connectivity index (χ3v) is 6.38. The molecule has 3 heterocycles. The monoisotopic (exact) mass is 432 g/mol. The summed E-state index contributed by atoms with van der Waals surface area (Å²) in [5.74, 6) is 0.382. The first-order valence-corrected chi connectivity index (χ1v) is 10.5. The van der Waals surface area contributed by atoms with Gasteiger partial charge in [0.1, 0.15) is 11.3 Å². The Bertz CT molecular complexity index is 1480. The van der Waals surface area contributed by atoms with Gasteiger partial charge in [-0.3, -0.25) is 9.78 Å². The van der Waals surface area contributed by atoms with Crippen molar-refractivity contribution >= 4 is 10.9 Å². The van der Waals surface area contributed by atoms with E-state index in [0.717, 1.165) is 45.5 Å². The van der Waals surface area contributed by atoms with E-state index in [-0.39, 0.29) is 11.4 Å². The molecule has 0 radical (unpaired) electrons. The van der Waals surface area contributed by atoms with Crippen LogP contribution in [0.2, 0.25) is 0 Å². The van der Waals surface area contributed by atoms with Crippen molar-refractivity contribution in [1.29, 1.82) is 0 Å². The Morgan fingerprint density at radius 2 is 1.94 bits per heavy atom. The highest BCUT2D eigenvalue weighted by Gasteiger charge is 2.31. The molecule has 5 rings (SSSR count). The molecule has 164 valence electrons. The Kier molecular flexibility index (Phi) is 4.67. The topological polar surface area (TPSA) is 112 Å². The quantitative estimate of drug-likeness (QED) is 0.398. The molecule has 0 bridgehead atoms. The van der Waals surface area contributed by atoms with E-state index in [1.165, 1.54) is 4.57 Å². The lowest BCUT2D eigenvalue weighted by atomic mass is 9.95. The van der Waals surface area contributed by atoms with Crippen LogP contribution in [0.25, 0.3) is 16.6 Å². The zero-order valence-corrected chi connectivity index (χ0v) is 18.1. The zero-order valence-electron chi connectivity index (χ0n) is 18.1. The average molecular weight is 432 g/mol. The van der Waals surface area contributed by atoms with Crippen LogP contribution < -0.4 is 21.3 Å². The van der Waals surface area contributed by atoms with Gasteiger partial charge >= 0.3 is 5.69 Å². The number of fused-ring (bicyclic) bond motifs is 3. The molecule has 2 aromatic heterocycles. The Morgan fingerprint density at radius 1 is 1.12 bits per heavy atom. The highest BCUT2D eigenvalue weighted by Crippen LogP contribution is 2.36. The second-order valence-corrected chi connectivity index (χ2v) is 8.12. The summed E-state index contributed by atoms with van der Waals surface area (Å²) >= 11 is 0. The number of methoxy groups -OCH3 is 1. The lowest BCUT2D eigenvalue weighted by Gasteiger charge is -2.25. The summed E-state index contributed by atoms with van der Waals surface area (Å²) in [7, 11) is 1.62. The number of aryl methyl sites for hydroxylation is 1. The molecular formula is C24H24N4O4. The number of nitrogens with one attached hydrogen (secondary N) is 3. The molecule has 0 aliphatic carbocycles. The number of nitrogens with zero attached hydrogens (tertiary/aromatic N) is 1. The van der Waals surface area contributed by atoms with Crippen molar-refractivity contribution in [3.05, 3.63) is 85.2 Å². The van der Waals surface area contributed by atoms with E-state index in [2.05, 4.69) is 15.3 Å². The molecular weight excluding hydrogens is 408 g/mol. The zero-order chi connectivity index (χ0) is 22.6. The van der Waals surface area contributed by atoms with Gasteiger partial charge in [0, 0.05) is 23.1 Å².